The highest BCUT2D eigenvalue weighted by Crippen LogP contribution is 2.30. The molecule has 1 N–H and O–H groups in total. The second kappa shape index (κ2) is 20.0. The molecule has 6 rings (SSSR count). The standard InChI is InChI=1S/C11H13N.C11H12S.C10H11NS.3C2H6/c2*1-8(2)11-7-9-5-3-4-6-10(9)12-11;1-7(2)10-11-8-5-3-4-6-9(8)12-10;3*1-2/h3-8,12H,1-2H3;3-8H,1-2H3;3-7H,1-2H3;3*1-2H3. The minimum Gasteiger partial charge on any atom is -0.358 e. The second-order valence-electron chi connectivity index (χ2n) is 9.98. The van der Waals surface area contributed by atoms with Gasteiger partial charge in [-0.25, -0.2) is 4.98 Å². The predicted molar refractivity (Wildman–Crippen MR) is 196 cm³/mol. The molecular weight excluding hydrogens is 549 g/mol. The molecule has 0 aliphatic carbocycles. The number of thiophene rings is 1. The Morgan fingerprint density at radius 3 is 1.62 bits per heavy atom. The van der Waals surface area contributed by atoms with Crippen LogP contribution in [0.15, 0.2) is 84.9 Å². The van der Waals surface area contributed by atoms with Crippen molar-refractivity contribution in [3.05, 3.63) is 101 Å². The fourth-order valence-corrected chi connectivity index (χ4v) is 5.87. The summed E-state index contributed by atoms with van der Waals surface area (Å²) in [6.07, 6.45) is 0. The molecule has 4 heteroatoms. The number of fused-ring (bicyclic) bond motifs is 3. The maximum Gasteiger partial charge on any atom is 0.0963 e. The lowest BCUT2D eigenvalue weighted by Crippen LogP contribution is -1.84. The molecule has 0 spiro atoms. The predicted octanol–water partition coefficient (Wildman–Crippen LogP) is 13.8. The van der Waals surface area contributed by atoms with Crippen LogP contribution in [0.2, 0.25) is 0 Å². The van der Waals surface area contributed by atoms with Crippen molar-refractivity contribution in [1.29, 1.82) is 0 Å². The van der Waals surface area contributed by atoms with Crippen LogP contribution in [-0.2, 0) is 0 Å². The van der Waals surface area contributed by atoms with Gasteiger partial charge in [0.1, 0.15) is 0 Å². The summed E-state index contributed by atoms with van der Waals surface area (Å²) in [6, 6.07) is 29.7. The van der Waals surface area contributed by atoms with Crippen molar-refractivity contribution in [2.45, 2.75) is 101 Å². The smallest absolute Gasteiger partial charge is 0.0963 e. The van der Waals surface area contributed by atoms with E-state index in [-0.39, 0.29) is 0 Å². The van der Waals surface area contributed by atoms with Gasteiger partial charge in [-0.1, -0.05) is 132 Å². The zero-order valence-corrected chi connectivity index (χ0v) is 29.7. The van der Waals surface area contributed by atoms with E-state index < -0.39 is 0 Å². The van der Waals surface area contributed by atoms with E-state index in [9.17, 15) is 0 Å². The number of H-pyrrole nitrogens is 1. The van der Waals surface area contributed by atoms with Gasteiger partial charge in [0.15, 0.2) is 0 Å². The Kier molecular flexibility index (Phi) is 17.7. The summed E-state index contributed by atoms with van der Waals surface area (Å²) in [4.78, 5) is 9.41. The molecule has 42 heavy (non-hydrogen) atoms. The zero-order valence-electron chi connectivity index (χ0n) is 28.1. The van der Waals surface area contributed by atoms with Gasteiger partial charge in [-0.15, -0.1) is 22.7 Å². The topological polar surface area (TPSA) is 28.7 Å². The normalized spacial score (nSPS) is 10.1. The fourth-order valence-electron chi connectivity index (χ4n) is 3.83. The Morgan fingerprint density at radius 2 is 1.10 bits per heavy atom. The maximum atomic E-state index is 4.53. The van der Waals surface area contributed by atoms with Crippen LogP contribution in [0.5, 0.6) is 0 Å². The van der Waals surface area contributed by atoms with E-state index in [1.165, 1.54) is 41.3 Å². The van der Waals surface area contributed by atoms with Crippen molar-refractivity contribution < 1.29 is 0 Å². The Morgan fingerprint density at radius 1 is 0.548 bits per heavy atom. The molecule has 3 aromatic carbocycles. The molecule has 0 bridgehead atoms. The van der Waals surface area contributed by atoms with Crippen molar-refractivity contribution in [3.8, 4) is 0 Å². The lowest BCUT2D eigenvalue weighted by Gasteiger charge is -1.97. The van der Waals surface area contributed by atoms with Gasteiger partial charge in [0, 0.05) is 26.7 Å². The summed E-state index contributed by atoms with van der Waals surface area (Å²) in [6.45, 7) is 25.2. The average molecular weight is 603 g/mol. The lowest BCUT2D eigenvalue weighted by molar-refractivity contribution is 0.836. The van der Waals surface area contributed by atoms with Crippen LogP contribution in [0.1, 0.15) is 116 Å². The fraction of sp³-hybridized carbons (Fsp3) is 0.395. The van der Waals surface area contributed by atoms with Crippen LogP contribution in [-0.4, -0.2) is 9.97 Å². The molecule has 0 unspecified atom stereocenters. The molecule has 3 heterocycles. The molecule has 0 atom stereocenters. The summed E-state index contributed by atoms with van der Waals surface area (Å²) >= 11 is 3.70. The molecule has 3 aromatic heterocycles. The van der Waals surface area contributed by atoms with E-state index in [1.54, 1.807) is 11.3 Å². The molecule has 0 saturated carbocycles. The number of nitrogens with one attached hydrogen (secondary N) is 1. The summed E-state index contributed by atoms with van der Waals surface area (Å²) < 4.78 is 2.70. The molecule has 228 valence electrons. The molecule has 0 fully saturated rings. The average Bonchev–Trinajstić information content (AvgIpc) is 3.77. The maximum absolute atomic E-state index is 4.53. The number of hydrogen-bond acceptors (Lipinski definition) is 3. The minimum absolute atomic E-state index is 0.544. The Labute approximate surface area is 264 Å². The van der Waals surface area contributed by atoms with Crippen LogP contribution in [0, 0.1) is 0 Å². The monoisotopic (exact) mass is 602 g/mol. The van der Waals surface area contributed by atoms with E-state index >= 15 is 0 Å². The third kappa shape index (κ3) is 11.0. The molecule has 0 aliphatic rings. The zero-order chi connectivity index (χ0) is 31.7. The highest BCUT2D eigenvalue weighted by atomic mass is 32.1. The van der Waals surface area contributed by atoms with E-state index in [2.05, 4.69) is 130 Å². The van der Waals surface area contributed by atoms with E-state index in [0.717, 1.165) is 5.52 Å². The van der Waals surface area contributed by atoms with Gasteiger partial charge in [0.25, 0.3) is 0 Å². The first-order valence-electron chi connectivity index (χ1n) is 15.7. The Balaban J connectivity index is 0.000000289. The van der Waals surface area contributed by atoms with Crippen LogP contribution in [0.3, 0.4) is 0 Å². The van der Waals surface area contributed by atoms with Crippen LogP contribution >= 0.6 is 22.7 Å². The molecule has 0 saturated heterocycles. The number of aromatic amines is 1. The van der Waals surface area contributed by atoms with Gasteiger partial charge in [0.2, 0.25) is 0 Å². The first-order chi connectivity index (χ1) is 20.3. The third-order valence-corrected chi connectivity index (χ3v) is 8.74. The Bertz CT molecular complexity index is 1250. The molecule has 2 nitrogen and oxygen atoms in total. The van der Waals surface area contributed by atoms with Crippen LogP contribution in [0.25, 0.3) is 31.2 Å². The van der Waals surface area contributed by atoms with Gasteiger partial charge in [0.05, 0.1) is 15.2 Å². The van der Waals surface area contributed by atoms with Crippen molar-refractivity contribution in [3.63, 3.8) is 0 Å². The first kappa shape index (κ1) is 37.1. The van der Waals surface area contributed by atoms with Gasteiger partial charge in [-0.05, 0) is 59.0 Å². The highest BCUT2D eigenvalue weighted by molar-refractivity contribution is 7.19. The molecular formula is C38H54N2S2. The lowest BCUT2D eigenvalue weighted by atomic mass is 10.1. The van der Waals surface area contributed by atoms with E-state index in [0.29, 0.717) is 17.8 Å². The number of rotatable bonds is 3. The summed E-state index contributed by atoms with van der Waals surface area (Å²) in [5.41, 5.74) is 3.68. The van der Waals surface area contributed by atoms with Gasteiger partial charge in [-0.2, -0.15) is 0 Å². The summed E-state index contributed by atoms with van der Waals surface area (Å²) in [5, 5.41) is 3.92. The van der Waals surface area contributed by atoms with Gasteiger partial charge < -0.3 is 4.98 Å². The number of thiazole rings is 1. The first-order valence-corrected chi connectivity index (χ1v) is 17.4. The number of hydrogen-bond donors (Lipinski definition) is 1. The largest absolute Gasteiger partial charge is 0.358 e. The SMILES string of the molecule is CC.CC.CC.CC(C)c1cc2ccccc2[nH]1.CC(C)c1cc2ccccc2s1.CC(C)c1nc2ccccc2s1. The van der Waals surface area contributed by atoms with Crippen molar-refractivity contribution >= 4 is 53.9 Å². The van der Waals surface area contributed by atoms with E-state index in [1.807, 2.05) is 58.9 Å². The van der Waals surface area contributed by atoms with Gasteiger partial charge >= 0.3 is 0 Å². The molecule has 6 aromatic rings. The molecule has 0 radical (unpaired) electrons. The number of aromatic nitrogens is 2. The summed E-state index contributed by atoms with van der Waals surface area (Å²) in [5.74, 6) is 1.78. The quantitative estimate of drug-likeness (QED) is 0.214. The van der Waals surface area contributed by atoms with Crippen LogP contribution in [0.4, 0.5) is 0 Å². The highest BCUT2D eigenvalue weighted by Gasteiger charge is 2.06. The Hall–Kier alpha value is -2.95. The van der Waals surface area contributed by atoms with Crippen LogP contribution < -0.4 is 0 Å². The number of para-hydroxylation sites is 2. The summed E-state index contributed by atoms with van der Waals surface area (Å²) in [7, 11) is 0. The second-order valence-corrected chi connectivity index (χ2v) is 12.2. The third-order valence-electron chi connectivity index (χ3n) is 5.99. The molecule has 0 aliphatic heterocycles. The minimum atomic E-state index is 0.544. The van der Waals surface area contributed by atoms with Crippen molar-refractivity contribution in [2.24, 2.45) is 0 Å². The van der Waals surface area contributed by atoms with Crippen molar-refractivity contribution in [2.75, 3.05) is 0 Å². The van der Waals surface area contributed by atoms with E-state index in [4.69, 9.17) is 0 Å². The number of benzene rings is 3. The number of nitrogens with zero attached hydrogens (tertiary/aromatic N) is 1. The van der Waals surface area contributed by atoms with Gasteiger partial charge in [-0.3, -0.25) is 0 Å². The van der Waals surface area contributed by atoms with Crippen molar-refractivity contribution in [1.82, 2.24) is 9.97 Å². The molecule has 0 amide bonds.